The summed E-state index contributed by atoms with van der Waals surface area (Å²) in [7, 11) is 1.65. The smallest absolute Gasteiger partial charge is 0.224 e. The van der Waals surface area contributed by atoms with Gasteiger partial charge in [-0.05, 0) is 23.8 Å². The second kappa shape index (κ2) is 9.31. The van der Waals surface area contributed by atoms with E-state index in [0.717, 1.165) is 23.4 Å². The van der Waals surface area contributed by atoms with Gasteiger partial charge in [0.15, 0.2) is 0 Å². The number of para-hydroxylation sites is 1. The van der Waals surface area contributed by atoms with Crippen molar-refractivity contribution in [2.24, 2.45) is 0 Å². The summed E-state index contributed by atoms with van der Waals surface area (Å²) >= 11 is 0. The Morgan fingerprint density at radius 1 is 1.27 bits per heavy atom. The lowest BCUT2D eigenvalue weighted by Crippen LogP contribution is -2.45. The number of aromatic nitrogens is 1. The highest BCUT2D eigenvalue weighted by Crippen LogP contribution is 2.21. The Hall–Kier alpha value is -2.44. The molecule has 0 aliphatic carbocycles. The third-order valence-corrected chi connectivity index (χ3v) is 4.45. The minimum atomic E-state index is 0.0638. The minimum absolute atomic E-state index is 0.0638. The van der Waals surface area contributed by atoms with Crippen LogP contribution in [0.1, 0.15) is 17.5 Å². The molecule has 0 spiro atoms. The molecule has 1 aliphatic rings. The molecule has 3 rings (SSSR count). The number of nitrogens with one attached hydrogen (secondary N) is 1. The molecule has 26 heavy (non-hydrogen) atoms. The van der Waals surface area contributed by atoms with Crippen LogP contribution in [0.3, 0.4) is 0 Å². The monoisotopic (exact) mass is 355 g/mol. The Morgan fingerprint density at radius 3 is 2.81 bits per heavy atom. The first kappa shape index (κ1) is 18.4. The number of nitrogens with zero attached hydrogens (tertiary/aromatic N) is 2. The predicted octanol–water partition coefficient (Wildman–Crippen LogP) is 2.00. The number of ether oxygens (including phenoxy) is 2. The van der Waals surface area contributed by atoms with Crippen LogP contribution in [0.5, 0.6) is 5.75 Å². The maximum Gasteiger partial charge on any atom is 0.224 e. The molecule has 2 aromatic rings. The van der Waals surface area contributed by atoms with Crippen molar-refractivity contribution in [1.82, 2.24) is 15.2 Å². The Bertz CT molecular complexity index is 702. The van der Waals surface area contributed by atoms with Crippen LogP contribution in [0.4, 0.5) is 0 Å². The van der Waals surface area contributed by atoms with Gasteiger partial charge in [0, 0.05) is 50.1 Å². The SMILES string of the molecule is COc1ccccc1CN(Cc1ccncc1)C(=O)CC1COCCN1. The van der Waals surface area contributed by atoms with E-state index in [2.05, 4.69) is 10.3 Å². The number of hydrogen-bond acceptors (Lipinski definition) is 5. The fourth-order valence-corrected chi connectivity index (χ4v) is 3.07. The standard InChI is InChI=1S/C20H25N3O3/c1-25-19-5-3-2-4-17(19)14-23(13-16-6-8-21-9-7-16)20(24)12-18-15-26-11-10-22-18/h2-9,18,22H,10-15H2,1H3. The Kier molecular flexibility index (Phi) is 6.57. The highest BCUT2D eigenvalue weighted by atomic mass is 16.5. The molecule has 1 saturated heterocycles. The zero-order valence-electron chi connectivity index (χ0n) is 15.1. The van der Waals surface area contributed by atoms with Gasteiger partial charge < -0.3 is 19.7 Å². The molecule has 1 aromatic carbocycles. The normalized spacial score (nSPS) is 16.9. The first-order valence-electron chi connectivity index (χ1n) is 8.86. The third kappa shape index (κ3) is 5.03. The van der Waals surface area contributed by atoms with Crippen molar-refractivity contribution in [3.63, 3.8) is 0 Å². The van der Waals surface area contributed by atoms with Gasteiger partial charge in [0.2, 0.25) is 5.91 Å². The lowest BCUT2D eigenvalue weighted by molar-refractivity contribution is -0.133. The molecule has 1 fully saturated rings. The van der Waals surface area contributed by atoms with Crippen LogP contribution >= 0.6 is 0 Å². The summed E-state index contributed by atoms with van der Waals surface area (Å²) < 4.78 is 10.9. The van der Waals surface area contributed by atoms with Gasteiger partial charge in [-0.1, -0.05) is 18.2 Å². The van der Waals surface area contributed by atoms with Crippen LogP contribution in [-0.4, -0.2) is 48.7 Å². The summed E-state index contributed by atoms with van der Waals surface area (Å²) in [5, 5.41) is 3.35. The summed E-state index contributed by atoms with van der Waals surface area (Å²) in [5.74, 6) is 0.884. The molecule has 138 valence electrons. The molecule has 1 aromatic heterocycles. The predicted molar refractivity (Wildman–Crippen MR) is 98.7 cm³/mol. The number of benzene rings is 1. The number of methoxy groups -OCH3 is 1. The van der Waals surface area contributed by atoms with Crippen LogP contribution in [-0.2, 0) is 22.6 Å². The lowest BCUT2D eigenvalue weighted by atomic mass is 10.1. The number of carbonyl (C=O) groups is 1. The van der Waals surface area contributed by atoms with Crippen molar-refractivity contribution in [1.29, 1.82) is 0 Å². The van der Waals surface area contributed by atoms with Gasteiger partial charge in [0.05, 0.1) is 20.3 Å². The Labute approximate surface area is 154 Å². The Morgan fingerprint density at radius 2 is 2.08 bits per heavy atom. The summed E-state index contributed by atoms with van der Waals surface area (Å²) in [6.07, 6.45) is 3.91. The molecule has 0 saturated carbocycles. The van der Waals surface area contributed by atoms with Gasteiger partial charge in [0.1, 0.15) is 5.75 Å². The van der Waals surface area contributed by atoms with Crippen molar-refractivity contribution in [3.05, 3.63) is 59.9 Å². The Balaban J connectivity index is 1.75. The molecular formula is C20H25N3O3. The summed E-state index contributed by atoms with van der Waals surface area (Å²) in [6, 6.07) is 11.7. The van der Waals surface area contributed by atoms with E-state index >= 15 is 0 Å². The van der Waals surface area contributed by atoms with Gasteiger partial charge in [-0.25, -0.2) is 0 Å². The molecule has 0 radical (unpaired) electrons. The van der Waals surface area contributed by atoms with E-state index in [1.807, 2.05) is 41.3 Å². The molecule has 1 aliphatic heterocycles. The second-order valence-electron chi connectivity index (χ2n) is 6.35. The molecule has 1 unspecified atom stereocenters. The summed E-state index contributed by atoms with van der Waals surface area (Å²) in [4.78, 5) is 18.9. The first-order chi connectivity index (χ1) is 12.8. The highest BCUT2D eigenvalue weighted by Gasteiger charge is 2.22. The molecular weight excluding hydrogens is 330 g/mol. The van der Waals surface area contributed by atoms with E-state index in [1.165, 1.54) is 0 Å². The summed E-state index contributed by atoms with van der Waals surface area (Å²) in [5.41, 5.74) is 2.04. The molecule has 1 N–H and O–H groups in total. The van der Waals surface area contributed by atoms with Crippen molar-refractivity contribution in [2.75, 3.05) is 26.9 Å². The number of rotatable bonds is 7. The molecule has 2 heterocycles. The third-order valence-electron chi connectivity index (χ3n) is 4.45. The van der Waals surface area contributed by atoms with Crippen LogP contribution < -0.4 is 10.1 Å². The average molecular weight is 355 g/mol. The molecule has 1 atom stereocenters. The zero-order chi connectivity index (χ0) is 18.2. The van der Waals surface area contributed by atoms with Gasteiger partial charge in [-0.15, -0.1) is 0 Å². The van der Waals surface area contributed by atoms with Gasteiger partial charge >= 0.3 is 0 Å². The maximum absolute atomic E-state index is 13.0. The largest absolute Gasteiger partial charge is 0.496 e. The van der Waals surface area contributed by atoms with Crippen molar-refractivity contribution in [2.45, 2.75) is 25.6 Å². The number of morpholine rings is 1. The maximum atomic E-state index is 13.0. The second-order valence-corrected chi connectivity index (χ2v) is 6.35. The summed E-state index contributed by atoms with van der Waals surface area (Å²) in [6.45, 7) is 3.09. The number of hydrogen-bond donors (Lipinski definition) is 1. The lowest BCUT2D eigenvalue weighted by Gasteiger charge is -2.28. The number of pyridine rings is 1. The van der Waals surface area contributed by atoms with E-state index in [-0.39, 0.29) is 11.9 Å². The topological polar surface area (TPSA) is 63.7 Å². The van der Waals surface area contributed by atoms with Crippen molar-refractivity contribution >= 4 is 5.91 Å². The number of amides is 1. The first-order valence-corrected chi connectivity index (χ1v) is 8.86. The fraction of sp³-hybridized carbons (Fsp3) is 0.400. The molecule has 0 bridgehead atoms. The van der Waals surface area contributed by atoms with E-state index in [1.54, 1.807) is 19.5 Å². The molecule has 1 amide bonds. The van der Waals surface area contributed by atoms with Gasteiger partial charge in [-0.2, -0.15) is 0 Å². The zero-order valence-corrected chi connectivity index (χ0v) is 15.1. The van der Waals surface area contributed by atoms with E-state index in [0.29, 0.717) is 32.7 Å². The van der Waals surface area contributed by atoms with Crippen LogP contribution in [0.2, 0.25) is 0 Å². The molecule has 6 nitrogen and oxygen atoms in total. The minimum Gasteiger partial charge on any atom is -0.496 e. The van der Waals surface area contributed by atoms with Crippen LogP contribution in [0.25, 0.3) is 0 Å². The van der Waals surface area contributed by atoms with E-state index < -0.39 is 0 Å². The average Bonchev–Trinajstić information content (AvgIpc) is 2.69. The number of carbonyl (C=O) groups excluding carboxylic acids is 1. The van der Waals surface area contributed by atoms with E-state index in [9.17, 15) is 4.79 Å². The van der Waals surface area contributed by atoms with Crippen molar-refractivity contribution in [3.8, 4) is 5.75 Å². The fourth-order valence-electron chi connectivity index (χ4n) is 3.07. The van der Waals surface area contributed by atoms with Crippen LogP contribution in [0.15, 0.2) is 48.8 Å². The van der Waals surface area contributed by atoms with E-state index in [4.69, 9.17) is 9.47 Å². The highest BCUT2D eigenvalue weighted by molar-refractivity contribution is 5.77. The van der Waals surface area contributed by atoms with Gasteiger partial charge in [0.25, 0.3) is 0 Å². The quantitative estimate of drug-likeness (QED) is 0.823. The van der Waals surface area contributed by atoms with Crippen LogP contribution in [0, 0.1) is 0 Å². The van der Waals surface area contributed by atoms with Crippen molar-refractivity contribution < 1.29 is 14.3 Å². The van der Waals surface area contributed by atoms with Gasteiger partial charge in [-0.3, -0.25) is 9.78 Å². The molecule has 6 heteroatoms.